The summed E-state index contributed by atoms with van der Waals surface area (Å²) in [4.78, 5) is 6.77. The minimum Gasteiger partial charge on any atom is -0.355 e. The third kappa shape index (κ3) is 3.59. The molecule has 0 saturated carbocycles. The van der Waals surface area contributed by atoms with Gasteiger partial charge in [-0.1, -0.05) is 18.5 Å². The standard InChI is InChI=1S/C14H22ClN3/c1-2-9-18(11-12-5-3-7-16-10-12)14-13(15)6-4-8-17-14/h4,6,8,12,16H,2-3,5,7,9-11H2,1H3. The Morgan fingerprint density at radius 2 is 2.44 bits per heavy atom. The smallest absolute Gasteiger partial charge is 0.147 e. The summed E-state index contributed by atoms with van der Waals surface area (Å²) >= 11 is 6.25. The first-order valence-electron chi connectivity index (χ1n) is 6.87. The van der Waals surface area contributed by atoms with E-state index in [0.717, 1.165) is 43.4 Å². The first-order valence-corrected chi connectivity index (χ1v) is 7.25. The fourth-order valence-electron chi connectivity index (χ4n) is 2.56. The Morgan fingerprint density at radius 1 is 1.56 bits per heavy atom. The molecule has 1 fully saturated rings. The topological polar surface area (TPSA) is 28.2 Å². The van der Waals surface area contributed by atoms with E-state index in [0.29, 0.717) is 5.92 Å². The van der Waals surface area contributed by atoms with E-state index in [4.69, 9.17) is 11.6 Å². The second-order valence-electron chi connectivity index (χ2n) is 4.97. The highest BCUT2D eigenvalue weighted by Gasteiger charge is 2.18. The van der Waals surface area contributed by atoms with Crippen molar-refractivity contribution in [3.63, 3.8) is 0 Å². The van der Waals surface area contributed by atoms with Gasteiger partial charge in [0.05, 0.1) is 5.02 Å². The molecule has 2 rings (SSSR count). The minimum absolute atomic E-state index is 0.711. The van der Waals surface area contributed by atoms with Gasteiger partial charge in [0.2, 0.25) is 0 Å². The van der Waals surface area contributed by atoms with E-state index in [1.165, 1.54) is 12.8 Å². The molecule has 1 aliphatic rings. The molecule has 1 aromatic heterocycles. The van der Waals surface area contributed by atoms with E-state index in [9.17, 15) is 0 Å². The van der Waals surface area contributed by atoms with Gasteiger partial charge in [-0.05, 0) is 50.4 Å². The van der Waals surface area contributed by atoms with Gasteiger partial charge in [-0.2, -0.15) is 0 Å². The molecule has 1 N–H and O–H groups in total. The van der Waals surface area contributed by atoms with E-state index >= 15 is 0 Å². The molecule has 0 bridgehead atoms. The van der Waals surface area contributed by atoms with Crippen LogP contribution in [0.15, 0.2) is 18.3 Å². The van der Waals surface area contributed by atoms with Crippen LogP contribution in [0.5, 0.6) is 0 Å². The highest BCUT2D eigenvalue weighted by molar-refractivity contribution is 6.32. The Bertz CT molecular complexity index is 364. The first-order chi connectivity index (χ1) is 8.81. The maximum atomic E-state index is 6.25. The number of anilines is 1. The molecule has 0 amide bonds. The number of aromatic nitrogens is 1. The highest BCUT2D eigenvalue weighted by atomic mass is 35.5. The van der Waals surface area contributed by atoms with Gasteiger partial charge in [0.1, 0.15) is 5.82 Å². The molecule has 0 radical (unpaired) electrons. The van der Waals surface area contributed by atoms with E-state index in [-0.39, 0.29) is 0 Å². The SMILES string of the molecule is CCCN(CC1CCCNC1)c1ncccc1Cl. The Morgan fingerprint density at radius 3 is 3.11 bits per heavy atom. The van der Waals surface area contributed by atoms with Gasteiger partial charge in [-0.3, -0.25) is 0 Å². The lowest BCUT2D eigenvalue weighted by Gasteiger charge is -2.31. The molecule has 1 aromatic rings. The van der Waals surface area contributed by atoms with Crippen LogP contribution in [0, 0.1) is 5.92 Å². The number of nitrogens with one attached hydrogen (secondary N) is 1. The maximum Gasteiger partial charge on any atom is 0.147 e. The molecule has 0 spiro atoms. The summed E-state index contributed by atoms with van der Waals surface area (Å²) < 4.78 is 0. The molecule has 1 unspecified atom stereocenters. The van der Waals surface area contributed by atoms with Gasteiger partial charge < -0.3 is 10.2 Å². The van der Waals surface area contributed by atoms with Crippen molar-refractivity contribution in [2.24, 2.45) is 5.92 Å². The number of rotatable bonds is 5. The average molecular weight is 268 g/mol. The molecule has 18 heavy (non-hydrogen) atoms. The zero-order valence-corrected chi connectivity index (χ0v) is 11.8. The Balaban J connectivity index is 2.05. The van der Waals surface area contributed by atoms with E-state index in [1.807, 2.05) is 18.3 Å². The van der Waals surface area contributed by atoms with Crippen LogP contribution in [-0.4, -0.2) is 31.2 Å². The largest absolute Gasteiger partial charge is 0.355 e. The number of hydrogen-bond acceptors (Lipinski definition) is 3. The number of halogens is 1. The predicted molar refractivity (Wildman–Crippen MR) is 77.3 cm³/mol. The Hall–Kier alpha value is -0.800. The van der Waals surface area contributed by atoms with Gasteiger partial charge in [-0.25, -0.2) is 4.98 Å². The van der Waals surface area contributed by atoms with E-state index in [2.05, 4.69) is 22.1 Å². The van der Waals surface area contributed by atoms with Gasteiger partial charge in [0.15, 0.2) is 0 Å². The van der Waals surface area contributed by atoms with Crippen LogP contribution in [0.1, 0.15) is 26.2 Å². The second kappa shape index (κ2) is 6.95. The van der Waals surface area contributed by atoms with Crippen molar-refractivity contribution in [3.05, 3.63) is 23.4 Å². The van der Waals surface area contributed by atoms with Crippen LogP contribution in [0.4, 0.5) is 5.82 Å². The summed E-state index contributed by atoms with van der Waals surface area (Å²) in [6.45, 7) is 6.55. The quantitative estimate of drug-likeness (QED) is 0.889. The van der Waals surface area contributed by atoms with E-state index < -0.39 is 0 Å². The summed E-state index contributed by atoms with van der Waals surface area (Å²) in [5.74, 6) is 1.65. The van der Waals surface area contributed by atoms with Gasteiger partial charge in [0.25, 0.3) is 0 Å². The minimum atomic E-state index is 0.711. The number of nitrogens with zero attached hydrogens (tertiary/aromatic N) is 2. The average Bonchev–Trinajstić information content (AvgIpc) is 2.40. The monoisotopic (exact) mass is 267 g/mol. The second-order valence-corrected chi connectivity index (χ2v) is 5.37. The third-order valence-electron chi connectivity index (χ3n) is 3.41. The molecular weight excluding hydrogens is 246 g/mol. The van der Waals surface area contributed by atoms with Crippen molar-refractivity contribution in [3.8, 4) is 0 Å². The fraction of sp³-hybridized carbons (Fsp3) is 0.643. The van der Waals surface area contributed by atoms with Crippen LogP contribution in [0.2, 0.25) is 5.02 Å². The summed E-state index contributed by atoms with van der Waals surface area (Å²) in [6.07, 6.45) is 5.52. The normalized spacial score (nSPS) is 19.8. The Labute approximate surface area is 115 Å². The summed E-state index contributed by atoms with van der Waals surface area (Å²) in [6, 6.07) is 3.81. The van der Waals surface area contributed by atoms with Gasteiger partial charge in [0, 0.05) is 19.3 Å². The lowest BCUT2D eigenvalue weighted by molar-refractivity contribution is 0.376. The summed E-state index contributed by atoms with van der Waals surface area (Å²) in [7, 11) is 0. The van der Waals surface area contributed by atoms with Crippen molar-refractivity contribution in [2.45, 2.75) is 26.2 Å². The van der Waals surface area contributed by atoms with Crippen LogP contribution in [0.25, 0.3) is 0 Å². The molecule has 100 valence electrons. The molecule has 0 aromatic carbocycles. The number of pyridine rings is 1. The zero-order valence-electron chi connectivity index (χ0n) is 11.0. The van der Waals surface area contributed by atoms with E-state index in [1.54, 1.807) is 0 Å². The zero-order chi connectivity index (χ0) is 12.8. The number of piperidine rings is 1. The van der Waals surface area contributed by atoms with Crippen LogP contribution in [0.3, 0.4) is 0 Å². The van der Waals surface area contributed by atoms with Crippen molar-refractivity contribution >= 4 is 17.4 Å². The van der Waals surface area contributed by atoms with Crippen LogP contribution in [-0.2, 0) is 0 Å². The third-order valence-corrected chi connectivity index (χ3v) is 3.70. The predicted octanol–water partition coefficient (Wildman–Crippen LogP) is 2.95. The molecule has 1 atom stereocenters. The van der Waals surface area contributed by atoms with Crippen molar-refractivity contribution in [2.75, 3.05) is 31.1 Å². The molecule has 4 heteroatoms. The summed E-state index contributed by atoms with van der Waals surface area (Å²) in [5.41, 5.74) is 0. The lowest BCUT2D eigenvalue weighted by Crippen LogP contribution is -2.39. The lowest BCUT2D eigenvalue weighted by atomic mass is 9.99. The fourth-order valence-corrected chi connectivity index (χ4v) is 2.80. The van der Waals surface area contributed by atoms with Crippen molar-refractivity contribution in [1.29, 1.82) is 0 Å². The number of hydrogen-bond donors (Lipinski definition) is 1. The Kier molecular flexibility index (Phi) is 5.26. The molecule has 0 aliphatic carbocycles. The summed E-state index contributed by atoms with van der Waals surface area (Å²) in [5, 5.41) is 4.23. The molecule has 3 nitrogen and oxygen atoms in total. The molecule has 2 heterocycles. The van der Waals surface area contributed by atoms with Gasteiger partial charge >= 0.3 is 0 Å². The van der Waals surface area contributed by atoms with Crippen molar-refractivity contribution < 1.29 is 0 Å². The van der Waals surface area contributed by atoms with Crippen LogP contribution < -0.4 is 10.2 Å². The van der Waals surface area contributed by atoms with Gasteiger partial charge in [-0.15, -0.1) is 0 Å². The van der Waals surface area contributed by atoms with Crippen LogP contribution >= 0.6 is 11.6 Å². The molecule has 1 saturated heterocycles. The van der Waals surface area contributed by atoms with Crippen molar-refractivity contribution in [1.82, 2.24) is 10.3 Å². The first kappa shape index (κ1) is 13.6. The highest BCUT2D eigenvalue weighted by Crippen LogP contribution is 2.24. The molecule has 1 aliphatic heterocycles. The molecular formula is C14H22ClN3. The maximum absolute atomic E-state index is 6.25.